The van der Waals surface area contributed by atoms with Gasteiger partial charge in [0.1, 0.15) is 12.7 Å². The first-order valence-electron chi connectivity index (χ1n) is 10.4. The van der Waals surface area contributed by atoms with Gasteiger partial charge in [-0.25, -0.2) is 14.7 Å². The Bertz CT molecular complexity index is 999. The van der Waals surface area contributed by atoms with Crippen LogP contribution in [0.15, 0.2) is 66.2 Å². The molecule has 0 aliphatic heterocycles. The summed E-state index contributed by atoms with van der Waals surface area (Å²) in [5.74, 6) is 0.697. The van der Waals surface area contributed by atoms with Crippen LogP contribution in [0.1, 0.15) is 34.0 Å². The largest absolute Gasteiger partial charge is 0.357 e. The number of nitrogens with zero attached hydrogens (tertiary/aromatic N) is 4. The van der Waals surface area contributed by atoms with E-state index in [9.17, 15) is 4.79 Å². The normalized spacial score (nSPS) is 11.2. The highest BCUT2D eigenvalue weighted by molar-refractivity contribution is 5.94. The lowest BCUT2D eigenvalue weighted by atomic mass is 10.1. The highest BCUT2D eigenvalue weighted by atomic mass is 16.1. The fourth-order valence-corrected chi connectivity index (χ4v) is 3.18. The number of hydrogen-bond acceptors (Lipinski definition) is 4. The summed E-state index contributed by atoms with van der Waals surface area (Å²) in [6.07, 6.45) is 4.04. The van der Waals surface area contributed by atoms with Crippen LogP contribution >= 0.6 is 0 Å². The molecule has 3 rings (SSSR count). The number of carbonyl (C=O) groups excluding carboxylic acids is 1. The smallest absolute Gasteiger partial charge is 0.251 e. The minimum Gasteiger partial charge on any atom is -0.357 e. The predicted octanol–water partition coefficient (Wildman–Crippen LogP) is 1.98. The summed E-state index contributed by atoms with van der Waals surface area (Å²) in [7, 11) is 1.64. The van der Waals surface area contributed by atoms with Crippen LogP contribution in [0, 0.1) is 0 Å². The summed E-state index contributed by atoms with van der Waals surface area (Å²) in [5, 5.41) is 13.5. The molecule has 3 N–H and O–H groups in total. The average Bonchev–Trinajstić information content (AvgIpc) is 3.30. The van der Waals surface area contributed by atoms with Gasteiger partial charge in [0.15, 0.2) is 5.96 Å². The number of aromatic nitrogens is 3. The van der Waals surface area contributed by atoms with Gasteiger partial charge in [-0.2, -0.15) is 5.10 Å². The maximum absolute atomic E-state index is 11.8. The molecule has 0 atom stereocenters. The van der Waals surface area contributed by atoms with Crippen LogP contribution < -0.4 is 16.0 Å². The summed E-state index contributed by atoms with van der Waals surface area (Å²) in [6, 6.07) is 16.0. The number of amides is 1. The van der Waals surface area contributed by atoms with Gasteiger partial charge in [0.05, 0.1) is 13.1 Å². The fraction of sp³-hybridized carbons (Fsp3) is 0.304. The molecule has 1 aromatic heterocycles. The fourth-order valence-electron chi connectivity index (χ4n) is 3.18. The van der Waals surface area contributed by atoms with Crippen molar-refractivity contribution in [2.24, 2.45) is 4.99 Å². The van der Waals surface area contributed by atoms with E-state index >= 15 is 0 Å². The number of rotatable bonds is 9. The number of nitrogens with one attached hydrogen (secondary N) is 3. The molecule has 0 unspecified atom stereocenters. The van der Waals surface area contributed by atoms with Crippen LogP contribution in [0.2, 0.25) is 0 Å². The minimum atomic E-state index is -0.0734. The van der Waals surface area contributed by atoms with E-state index in [1.165, 1.54) is 6.33 Å². The maximum Gasteiger partial charge on any atom is 0.251 e. The summed E-state index contributed by atoms with van der Waals surface area (Å²) < 4.78 is 1.80. The molecule has 0 bridgehead atoms. The van der Waals surface area contributed by atoms with Gasteiger partial charge in [-0.1, -0.05) is 36.4 Å². The Labute approximate surface area is 182 Å². The Morgan fingerprint density at radius 1 is 1.06 bits per heavy atom. The monoisotopic (exact) mass is 419 g/mol. The molecule has 0 aliphatic carbocycles. The van der Waals surface area contributed by atoms with E-state index in [1.54, 1.807) is 18.1 Å². The first-order valence-corrected chi connectivity index (χ1v) is 10.4. The van der Waals surface area contributed by atoms with Crippen molar-refractivity contribution in [1.29, 1.82) is 0 Å². The lowest BCUT2D eigenvalue weighted by molar-refractivity contribution is 0.0963. The zero-order chi connectivity index (χ0) is 21.9. The van der Waals surface area contributed by atoms with Crippen LogP contribution in [-0.2, 0) is 19.5 Å². The van der Waals surface area contributed by atoms with Crippen molar-refractivity contribution in [3.05, 3.63) is 83.4 Å². The van der Waals surface area contributed by atoms with Crippen LogP contribution in [0.5, 0.6) is 0 Å². The Morgan fingerprint density at radius 3 is 2.65 bits per heavy atom. The zero-order valence-corrected chi connectivity index (χ0v) is 18.0. The molecular weight excluding hydrogens is 390 g/mol. The second-order valence-corrected chi connectivity index (χ2v) is 7.06. The molecule has 2 aromatic carbocycles. The number of guanidine groups is 1. The summed E-state index contributed by atoms with van der Waals surface area (Å²) in [6.45, 7) is 4.81. The Kier molecular flexibility index (Phi) is 8.16. The van der Waals surface area contributed by atoms with E-state index in [0.29, 0.717) is 18.7 Å². The molecule has 0 aliphatic rings. The second kappa shape index (κ2) is 11.5. The second-order valence-electron chi connectivity index (χ2n) is 7.06. The minimum absolute atomic E-state index is 0.0734. The van der Waals surface area contributed by atoms with Gasteiger partial charge < -0.3 is 16.0 Å². The summed E-state index contributed by atoms with van der Waals surface area (Å²) >= 11 is 0. The van der Waals surface area contributed by atoms with Crippen molar-refractivity contribution >= 4 is 11.9 Å². The predicted molar refractivity (Wildman–Crippen MR) is 122 cm³/mol. The molecule has 0 saturated carbocycles. The number of benzene rings is 2. The molecule has 8 heteroatoms. The molecule has 1 heterocycles. The van der Waals surface area contributed by atoms with E-state index in [0.717, 1.165) is 42.2 Å². The van der Waals surface area contributed by atoms with Crippen molar-refractivity contribution in [3.63, 3.8) is 0 Å². The standard InChI is InChI=1S/C23H29N7O/c1-3-26-23(27-11-10-18-6-5-9-21(13-18)22(31)24-2)28-14-19-7-4-8-20(12-19)15-30-17-25-16-29-30/h4-9,12-13,16-17H,3,10-11,14-15H2,1-2H3,(H,24,31)(H2,26,27,28). The van der Waals surface area contributed by atoms with Crippen molar-refractivity contribution < 1.29 is 4.79 Å². The van der Waals surface area contributed by atoms with E-state index in [1.807, 2.05) is 37.3 Å². The molecule has 31 heavy (non-hydrogen) atoms. The lowest BCUT2D eigenvalue weighted by Gasteiger charge is -2.12. The SMILES string of the molecule is CCNC(=NCc1cccc(Cn2cncn2)c1)NCCc1cccc(C(=O)NC)c1. The molecule has 0 fully saturated rings. The number of hydrogen-bond donors (Lipinski definition) is 3. The van der Waals surface area contributed by atoms with Crippen molar-refractivity contribution in [2.45, 2.75) is 26.4 Å². The van der Waals surface area contributed by atoms with Crippen molar-refractivity contribution in [1.82, 2.24) is 30.7 Å². The Hall–Kier alpha value is -3.68. The van der Waals surface area contributed by atoms with E-state index < -0.39 is 0 Å². The molecule has 162 valence electrons. The first kappa shape index (κ1) is 22.0. The van der Waals surface area contributed by atoms with Crippen LogP contribution in [0.3, 0.4) is 0 Å². The van der Waals surface area contributed by atoms with Crippen LogP contribution in [0.25, 0.3) is 0 Å². The third kappa shape index (κ3) is 6.95. The van der Waals surface area contributed by atoms with E-state index in [-0.39, 0.29) is 5.91 Å². The lowest BCUT2D eigenvalue weighted by Crippen LogP contribution is -2.38. The van der Waals surface area contributed by atoms with Gasteiger partial charge in [0.25, 0.3) is 5.91 Å². The van der Waals surface area contributed by atoms with Gasteiger partial charge in [0, 0.05) is 25.7 Å². The first-order chi connectivity index (χ1) is 15.2. The van der Waals surface area contributed by atoms with Crippen LogP contribution in [0.4, 0.5) is 0 Å². The molecular formula is C23H29N7O. The number of carbonyl (C=O) groups is 1. The third-order valence-electron chi connectivity index (χ3n) is 4.69. The van der Waals surface area contributed by atoms with Gasteiger partial charge in [-0.15, -0.1) is 0 Å². The van der Waals surface area contributed by atoms with Gasteiger partial charge >= 0.3 is 0 Å². The molecule has 3 aromatic rings. The van der Waals surface area contributed by atoms with Gasteiger partial charge in [0.2, 0.25) is 0 Å². The molecule has 0 spiro atoms. The van der Waals surface area contributed by atoms with E-state index in [2.05, 4.69) is 44.2 Å². The molecule has 1 amide bonds. The van der Waals surface area contributed by atoms with Crippen molar-refractivity contribution in [2.75, 3.05) is 20.1 Å². The third-order valence-corrected chi connectivity index (χ3v) is 4.69. The topological polar surface area (TPSA) is 96.2 Å². The Morgan fingerprint density at radius 2 is 1.87 bits per heavy atom. The van der Waals surface area contributed by atoms with Gasteiger partial charge in [-0.3, -0.25) is 4.79 Å². The quantitative estimate of drug-likeness (QED) is 0.364. The van der Waals surface area contributed by atoms with E-state index in [4.69, 9.17) is 4.99 Å². The Balaban J connectivity index is 1.56. The zero-order valence-electron chi connectivity index (χ0n) is 18.0. The highest BCUT2D eigenvalue weighted by Crippen LogP contribution is 2.08. The van der Waals surface area contributed by atoms with Gasteiger partial charge in [-0.05, 0) is 42.2 Å². The van der Waals surface area contributed by atoms with Crippen molar-refractivity contribution in [3.8, 4) is 0 Å². The number of aliphatic imine (C=N–C) groups is 1. The maximum atomic E-state index is 11.8. The van der Waals surface area contributed by atoms with Crippen LogP contribution in [-0.4, -0.2) is 46.8 Å². The summed E-state index contributed by atoms with van der Waals surface area (Å²) in [5.41, 5.74) is 4.07. The summed E-state index contributed by atoms with van der Waals surface area (Å²) in [4.78, 5) is 20.5. The molecule has 0 saturated heterocycles. The molecule has 8 nitrogen and oxygen atoms in total. The molecule has 0 radical (unpaired) electrons. The average molecular weight is 420 g/mol. The highest BCUT2D eigenvalue weighted by Gasteiger charge is 2.04.